The van der Waals surface area contributed by atoms with Crippen molar-refractivity contribution in [3.05, 3.63) is 26.7 Å². The van der Waals surface area contributed by atoms with E-state index in [0.29, 0.717) is 37.1 Å². The van der Waals surface area contributed by atoms with E-state index < -0.39 is 6.16 Å². The molecule has 2 heterocycles. The average Bonchev–Trinajstić information content (AvgIpc) is 3.28. The van der Waals surface area contributed by atoms with Crippen molar-refractivity contribution < 1.29 is 14.6 Å². The van der Waals surface area contributed by atoms with Crippen LogP contribution in [0.25, 0.3) is 11.2 Å². The summed E-state index contributed by atoms with van der Waals surface area (Å²) in [4.78, 5) is 44.8. The Bertz CT molecular complexity index is 1050. The van der Waals surface area contributed by atoms with Crippen LogP contribution in [0.1, 0.15) is 64.6 Å². The average molecular weight is 404 g/mol. The van der Waals surface area contributed by atoms with Crippen LogP contribution in [-0.2, 0) is 23.2 Å². The summed E-state index contributed by atoms with van der Waals surface area (Å²) >= 11 is 0. The van der Waals surface area contributed by atoms with Crippen molar-refractivity contribution in [2.24, 2.45) is 5.92 Å². The van der Waals surface area contributed by atoms with Crippen molar-refractivity contribution in [2.75, 3.05) is 0 Å². The van der Waals surface area contributed by atoms with Crippen LogP contribution in [0, 0.1) is 5.92 Å². The van der Waals surface area contributed by atoms with E-state index in [9.17, 15) is 14.4 Å². The molecule has 9 heteroatoms. The highest BCUT2D eigenvalue weighted by Gasteiger charge is 2.50. The predicted molar refractivity (Wildman–Crippen MR) is 106 cm³/mol. The zero-order chi connectivity index (χ0) is 20.8. The molecule has 0 radical (unpaired) electrons. The molecular weight excluding hydrogens is 376 g/mol. The van der Waals surface area contributed by atoms with Gasteiger partial charge in [-0.15, -0.1) is 0 Å². The molecule has 0 amide bonds. The first kappa shape index (κ1) is 19.7. The van der Waals surface area contributed by atoms with Crippen LogP contribution in [0.4, 0.5) is 4.79 Å². The number of carbonyl (C=O) groups is 1. The first-order valence-corrected chi connectivity index (χ1v) is 10.5. The normalized spacial score (nSPS) is 26.1. The molecule has 0 spiro atoms. The van der Waals surface area contributed by atoms with Crippen LogP contribution < -0.4 is 11.2 Å². The Kier molecular flexibility index (Phi) is 5.00. The number of aromatic amines is 1. The Labute approximate surface area is 167 Å². The molecule has 29 heavy (non-hydrogen) atoms. The maximum Gasteiger partial charge on any atom is 0.506 e. The van der Waals surface area contributed by atoms with Gasteiger partial charge in [-0.25, -0.2) is 14.6 Å². The van der Waals surface area contributed by atoms with E-state index in [-0.39, 0.29) is 28.7 Å². The molecule has 2 aromatic rings. The van der Waals surface area contributed by atoms with E-state index in [1.807, 2.05) is 13.8 Å². The number of aromatic nitrogens is 4. The third-order valence-electron chi connectivity index (χ3n) is 6.59. The third-order valence-corrected chi connectivity index (χ3v) is 6.59. The number of hydrogen-bond donors (Lipinski definition) is 2. The number of carboxylic acid groups (broad SMARTS) is 1. The van der Waals surface area contributed by atoms with Gasteiger partial charge in [0.05, 0.1) is 0 Å². The maximum absolute atomic E-state index is 13.0. The summed E-state index contributed by atoms with van der Waals surface area (Å²) in [6, 6.07) is 0. The van der Waals surface area contributed by atoms with Crippen LogP contribution in [-0.4, -0.2) is 36.5 Å². The molecular formula is C20H28N4O5. The van der Waals surface area contributed by atoms with Crippen molar-refractivity contribution in [1.82, 2.24) is 19.1 Å². The number of nitrogens with one attached hydrogen (secondary N) is 1. The van der Waals surface area contributed by atoms with E-state index in [1.54, 1.807) is 4.57 Å². The van der Waals surface area contributed by atoms with Crippen LogP contribution in [0.5, 0.6) is 0 Å². The zero-order valence-corrected chi connectivity index (χ0v) is 16.9. The van der Waals surface area contributed by atoms with Gasteiger partial charge in [0.25, 0.3) is 5.56 Å². The lowest BCUT2D eigenvalue weighted by atomic mass is 9.74. The Morgan fingerprint density at radius 2 is 1.90 bits per heavy atom. The number of hydrogen-bond acceptors (Lipinski definition) is 5. The van der Waals surface area contributed by atoms with Gasteiger partial charge in [0, 0.05) is 18.5 Å². The summed E-state index contributed by atoms with van der Waals surface area (Å²) in [6.45, 7) is 4.82. The maximum atomic E-state index is 13.0. The number of nitrogens with zero attached hydrogens (tertiary/aromatic N) is 3. The van der Waals surface area contributed by atoms with Crippen molar-refractivity contribution in [2.45, 2.75) is 83.4 Å². The number of H-pyrrole nitrogens is 1. The third kappa shape index (κ3) is 3.16. The summed E-state index contributed by atoms with van der Waals surface area (Å²) in [5.41, 5.74) is 0.00236. The van der Waals surface area contributed by atoms with E-state index in [0.717, 1.165) is 37.9 Å². The molecule has 3 atom stereocenters. The highest BCUT2D eigenvalue weighted by atomic mass is 16.7. The zero-order valence-electron chi connectivity index (χ0n) is 16.9. The molecule has 2 N–H and O–H groups in total. The minimum Gasteiger partial charge on any atom is -0.450 e. The van der Waals surface area contributed by atoms with Crippen LogP contribution in [0.2, 0.25) is 0 Å². The second-order valence-electron chi connectivity index (χ2n) is 8.42. The van der Waals surface area contributed by atoms with Crippen molar-refractivity contribution >= 4 is 17.3 Å². The Hall–Kier alpha value is -2.58. The quantitative estimate of drug-likeness (QED) is 0.714. The Morgan fingerprint density at radius 1 is 1.21 bits per heavy atom. The summed E-state index contributed by atoms with van der Waals surface area (Å²) in [6.07, 6.45) is 3.90. The van der Waals surface area contributed by atoms with Crippen molar-refractivity contribution in [1.29, 1.82) is 0 Å². The molecule has 2 aliphatic rings. The fourth-order valence-electron chi connectivity index (χ4n) is 5.25. The smallest absolute Gasteiger partial charge is 0.450 e. The lowest BCUT2D eigenvalue weighted by Gasteiger charge is -2.35. The fraction of sp³-hybridized carbons (Fsp3) is 0.700. The van der Waals surface area contributed by atoms with Gasteiger partial charge in [0.1, 0.15) is 17.4 Å². The number of imidazole rings is 1. The molecule has 0 aromatic carbocycles. The topological polar surface area (TPSA) is 119 Å². The minimum atomic E-state index is -1.22. The summed E-state index contributed by atoms with van der Waals surface area (Å²) in [5.74, 6) is 0.919. The first-order valence-electron chi connectivity index (χ1n) is 10.5. The SMILES string of the molecule is CCCn1c(=O)c2[nH]c(C34CCC(C3)C(OC(=O)O)CC4)nc2n(CCC)c1=O. The summed E-state index contributed by atoms with van der Waals surface area (Å²) < 4.78 is 7.98. The minimum absolute atomic E-state index is 0.169. The molecule has 2 fully saturated rings. The fourth-order valence-corrected chi connectivity index (χ4v) is 5.25. The molecule has 4 rings (SSSR count). The lowest BCUT2D eigenvalue weighted by molar-refractivity contribution is 0.00642. The van der Waals surface area contributed by atoms with Gasteiger partial charge >= 0.3 is 11.8 Å². The molecule has 2 aliphatic carbocycles. The highest BCUT2D eigenvalue weighted by molar-refractivity contribution is 5.70. The number of aryl methyl sites for hydroxylation is 1. The van der Waals surface area contributed by atoms with Gasteiger partial charge in [-0.3, -0.25) is 13.9 Å². The van der Waals surface area contributed by atoms with Crippen molar-refractivity contribution in [3.63, 3.8) is 0 Å². The molecule has 158 valence electrons. The summed E-state index contributed by atoms with van der Waals surface area (Å²) in [5, 5.41) is 8.97. The van der Waals surface area contributed by atoms with Gasteiger partial charge in [-0.05, 0) is 50.9 Å². The Balaban J connectivity index is 1.78. The van der Waals surface area contributed by atoms with Crippen LogP contribution in [0.3, 0.4) is 0 Å². The largest absolute Gasteiger partial charge is 0.506 e. The van der Waals surface area contributed by atoms with Crippen LogP contribution >= 0.6 is 0 Å². The van der Waals surface area contributed by atoms with Crippen LogP contribution in [0.15, 0.2) is 9.59 Å². The van der Waals surface area contributed by atoms with Crippen molar-refractivity contribution in [3.8, 4) is 0 Å². The molecule has 2 bridgehead atoms. The second kappa shape index (κ2) is 7.35. The monoisotopic (exact) mass is 404 g/mol. The molecule has 3 unspecified atom stereocenters. The number of rotatable bonds is 6. The van der Waals surface area contributed by atoms with Gasteiger partial charge in [0.15, 0.2) is 5.65 Å². The van der Waals surface area contributed by atoms with E-state index in [2.05, 4.69) is 4.98 Å². The lowest BCUT2D eigenvalue weighted by Crippen LogP contribution is -2.40. The van der Waals surface area contributed by atoms with Gasteiger partial charge in [-0.2, -0.15) is 0 Å². The number of ether oxygens (including phenoxy) is 1. The van der Waals surface area contributed by atoms with E-state index >= 15 is 0 Å². The molecule has 0 aliphatic heterocycles. The predicted octanol–water partition coefficient (Wildman–Crippen LogP) is 2.60. The second-order valence-corrected chi connectivity index (χ2v) is 8.42. The van der Waals surface area contributed by atoms with Gasteiger partial charge < -0.3 is 14.8 Å². The van der Waals surface area contributed by atoms with E-state index in [1.165, 1.54) is 4.57 Å². The highest BCUT2D eigenvalue weighted by Crippen LogP contribution is 2.52. The molecule has 9 nitrogen and oxygen atoms in total. The standard InChI is InChI=1S/C20H28N4O5/c1-3-9-23-15-14(16(25)24(10-4-2)18(23)26)21-17(22-15)20-7-5-12(11-20)13(6-8-20)29-19(27)28/h12-13H,3-11H2,1-2H3,(H,21,22)(H,27,28). The number of fused-ring (bicyclic) bond motifs is 3. The Morgan fingerprint density at radius 3 is 2.59 bits per heavy atom. The van der Waals surface area contributed by atoms with E-state index in [4.69, 9.17) is 14.8 Å². The molecule has 0 saturated heterocycles. The summed E-state index contributed by atoms with van der Waals surface area (Å²) in [7, 11) is 0. The van der Waals surface area contributed by atoms with Gasteiger partial charge in [-0.1, -0.05) is 13.8 Å². The first-order chi connectivity index (χ1) is 13.9. The van der Waals surface area contributed by atoms with Gasteiger partial charge in [0.2, 0.25) is 0 Å². The molecule has 2 saturated carbocycles. The molecule has 2 aromatic heterocycles.